The summed E-state index contributed by atoms with van der Waals surface area (Å²) in [7, 11) is 0. The lowest BCUT2D eigenvalue weighted by atomic mass is 10.0. The Morgan fingerprint density at radius 2 is 2.11 bits per heavy atom. The van der Waals surface area contributed by atoms with Gasteiger partial charge in [-0.25, -0.2) is 0 Å². The number of hydrogen-bond acceptors (Lipinski definition) is 3. The average Bonchev–Trinajstić information content (AvgIpc) is 2.85. The molecule has 3 heteroatoms. The molecule has 3 nitrogen and oxygen atoms in total. The van der Waals surface area contributed by atoms with E-state index >= 15 is 0 Å². The predicted octanol–water partition coefficient (Wildman–Crippen LogP) is 3.31. The lowest BCUT2D eigenvalue weighted by Crippen LogP contribution is -2.38. The standard InChI is InChI=1S/C16H25NO2/c1-4-18-15-8-6-14(7-9-15)13(2)17-12-16(3)10-5-11-19-16/h6-9,13,17H,4-5,10-12H2,1-3H3. The van der Waals surface area contributed by atoms with Gasteiger partial charge in [0, 0.05) is 19.2 Å². The molecule has 1 heterocycles. The van der Waals surface area contributed by atoms with Crippen molar-refractivity contribution in [2.45, 2.75) is 45.3 Å². The fourth-order valence-corrected chi connectivity index (χ4v) is 2.48. The van der Waals surface area contributed by atoms with E-state index < -0.39 is 0 Å². The lowest BCUT2D eigenvalue weighted by molar-refractivity contribution is 0.0191. The van der Waals surface area contributed by atoms with Crippen LogP contribution in [0.15, 0.2) is 24.3 Å². The zero-order valence-electron chi connectivity index (χ0n) is 12.2. The summed E-state index contributed by atoms with van der Waals surface area (Å²) in [5, 5.41) is 3.57. The molecule has 1 aromatic carbocycles. The van der Waals surface area contributed by atoms with Crippen molar-refractivity contribution in [3.05, 3.63) is 29.8 Å². The highest BCUT2D eigenvalue weighted by Gasteiger charge is 2.29. The van der Waals surface area contributed by atoms with E-state index in [4.69, 9.17) is 9.47 Å². The van der Waals surface area contributed by atoms with Gasteiger partial charge in [0.25, 0.3) is 0 Å². The minimum atomic E-state index is 0.0134. The molecule has 0 amide bonds. The summed E-state index contributed by atoms with van der Waals surface area (Å²) in [4.78, 5) is 0. The fraction of sp³-hybridized carbons (Fsp3) is 0.625. The second-order valence-electron chi connectivity index (χ2n) is 5.51. The topological polar surface area (TPSA) is 30.5 Å². The zero-order valence-corrected chi connectivity index (χ0v) is 12.2. The molecule has 106 valence electrons. The van der Waals surface area contributed by atoms with Crippen molar-refractivity contribution < 1.29 is 9.47 Å². The van der Waals surface area contributed by atoms with Gasteiger partial charge in [0.05, 0.1) is 12.2 Å². The Labute approximate surface area is 116 Å². The van der Waals surface area contributed by atoms with Crippen LogP contribution in [0.3, 0.4) is 0 Å². The molecule has 0 bridgehead atoms. The molecule has 1 fully saturated rings. The summed E-state index contributed by atoms with van der Waals surface area (Å²) >= 11 is 0. The predicted molar refractivity (Wildman–Crippen MR) is 77.6 cm³/mol. The highest BCUT2D eigenvalue weighted by Crippen LogP contribution is 2.25. The van der Waals surface area contributed by atoms with Crippen LogP contribution >= 0.6 is 0 Å². The van der Waals surface area contributed by atoms with Crippen molar-refractivity contribution >= 4 is 0 Å². The molecule has 2 rings (SSSR count). The van der Waals surface area contributed by atoms with Gasteiger partial charge in [0.2, 0.25) is 0 Å². The first-order valence-corrected chi connectivity index (χ1v) is 7.23. The molecule has 0 saturated carbocycles. The molecule has 1 aliphatic rings. The van der Waals surface area contributed by atoms with E-state index in [-0.39, 0.29) is 5.60 Å². The number of benzene rings is 1. The van der Waals surface area contributed by atoms with Crippen LogP contribution in [0.1, 0.15) is 45.2 Å². The Kier molecular flexibility index (Phi) is 4.83. The molecular weight excluding hydrogens is 238 g/mol. The van der Waals surface area contributed by atoms with Gasteiger partial charge < -0.3 is 14.8 Å². The summed E-state index contributed by atoms with van der Waals surface area (Å²) in [5.41, 5.74) is 1.30. The summed E-state index contributed by atoms with van der Waals surface area (Å²) in [6, 6.07) is 8.65. The van der Waals surface area contributed by atoms with Crippen molar-refractivity contribution in [2.24, 2.45) is 0 Å². The molecule has 0 aromatic heterocycles. The van der Waals surface area contributed by atoms with Gasteiger partial charge in [-0.2, -0.15) is 0 Å². The maximum Gasteiger partial charge on any atom is 0.119 e. The molecule has 0 aliphatic carbocycles. The molecule has 2 unspecified atom stereocenters. The highest BCUT2D eigenvalue weighted by molar-refractivity contribution is 5.28. The molecular formula is C16H25NO2. The van der Waals surface area contributed by atoms with Crippen molar-refractivity contribution in [3.63, 3.8) is 0 Å². The summed E-state index contributed by atoms with van der Waals surface area (Å²) in [6.07, 6.45) is 2.33. The Morgan fingerprint density at radius 1 is 1.37 bits per heavy atom. The Morgan fingerprint density at radius 3 is 2.68 bits per heavy atom. The van der Waals surface area contributed by atoms with E-state index in [1.165, 1.54) is 12.0 Å². The Balaban J connectivity index is 1.86. The van der Waals surface area contributed by atoms with Crippen LogP contribution in [0, 0.1) is 0 Å². The third kappa shape index (κ3) is 3.95. The first-order chi connectivity index (χ1) is 9.13. The molecule has 1 aromatic rings. The second kappa shape index (κ2) is 6.40. The molecule has 0 spiro atoms. The quantitative estimate of drug-likeness (QED) is 0.854. The summed E-state index contributed by atoms with van der Waals surface area (Å²) in [6.45, 7) is 8.89. The molecule has 2 atom stereocenters. The maximum absolute atomic E-state index is 5.80. The van der Waals surface area contributed by atoms with E-state index in [2.05, 4.69) is 31.3 Å². The molecule has 1 aliphatic heterocycles. The van der Waals surface area contributed by atoms with Gasteiger partial charge in [-0.1, -0.05) is 12.1 Å². The van der Waals surface area contributed by atoms with Crippen LogP contribution in [-0.2, 0) is 4.74 Å². The van der Waals surface area contributed by atoms with E-state index in [0.717, 1.165) is 25.3 Å². The average molecular weight is 263 g/mol. The van der Waals surface area contributed by atoms with Crippen LogP contribution < -0.4 is 10.1 Å². The minimum Gasteiger partial charge on any atom is -0.494 e. The molecule has 0 radical (unpaired) electrons. The normalized spacial score (nSPS) is 24.4. The van der Waals surface area contributed by atoms with E-state index in [1.54, 1.807) is 0 Å². The maximum atomic E-state index is 5.80. The third-order valence-electron chi connectivity index (χ3n) is 3.77. The number of hydrogen-bond donors (Lipinski definition) is 1. The Bertz CT molecular complexity index is 382. The Hall–Kier alpha value is -1.06. The third-order valence-corrected chi connectivity index (χ3v) is 3.77. The fourth-order valence-electron chi connectivity index (χ4n) is 2.48. The van der Waals surface area contributed by atoms with Crippen molar-refractivity contribution in [3.8, 4) is 5.75 Å². The smallest absolute Gasteiger partial charge is 0.119 e. The van der Waals surface area contributed by atoms with E-state index in [0.29, 0.717) is 12.6 Å². The van der Waals surface area contributed by atoms with Gasteiger partial charge in [-0.3, -0.25) is 0 Å². The van der Waals surface area contributed by atoms with Gasteiger partial charge in [0.15, 0.2) is 0 Å². The zero-order chi connectivity index (χ0) is 13.7. The van der Waals surface area contributed by atoms with Crippen LogP contribution in [0.2, 0.25) is 0 Å². The second-order valence-corrected chi connectivity index (χ2v) is 5.51. The van der Waals surface area contributed by atoms with E-state index in [1.807, 2.05) is 19.1 Å². The number of ether oxygens (including phenoxy) is 2. The summed E-state index contributed by atoms with van der Waals surface area (Å²) in [5.74, 6) is 0.935. The van der Waals surface area contributed by atoms with Crippen molar-refractivity contribution in [1.29, 1.82) is 0 Å². The monoisotopic (exact) mass is 263 g/mol. The number of nitrogens with one attached hydrogen (secondary N) is 1. The van der Waals surface area contributed by atoms with Crippen LogP contribution in [0.25, 0.3) is 0 Å². The highest BCUT2D eigenvalue weighted by atomic mass is 16.5. The minimum absolute atomic E-state index is 0.0134. The first-order valence-electron chi connectivity index (χ1n) is 7.23. The van der Waals surface area contributed by atoms with Crippen LogP contribution in [0.5, 0.6) is 5.75 Å². The van der Waals surface area contributed by atoms with Crippen LogP contribution in [-0.4, -0.2) is 25.4 Å². The van der Waals surface area contributed by atoms with Gasteiger partial charge in [0.1, 0.15) is 5.75 Å². The summed E-state index contributed by atoms with van der Waals surface area (Å²) < 4.78 is 11.3. The SMILES string of the molecule is CCOc1ccc(C(C)NCC2(C)CCCO2)cc1. The van der Waals surface area contributed by atoms with Gasteiger partial charge in [-0.05, 0) is 51.3 Å². The van der Waals surface area contributed by atoms with Crippen molar-refractivity contribution in [2.75, 3.05) is 19.8 Å². The molecule has 1 saturated heterocycles. The largest absolute Gasteiger partial charge is 0.494 e. The van der Waals surface area contributed by atoms with Gasteiger partial charge in [-0.15, -0.1) is 0 Å². The first kappa shape index (κ1) is 14.4. The van der Waals surface area contributed by atoms with Crippen molar-refractivity contribution in [1.82, 2.24) is 5.32 Å². The van der Waals surface area contributed by atoms with Gasteiger partial charge >= 0.3 is 0 Å². The molecule has 19 heavy (non-hydrogen) atoms. The number of rotatable bonds is 6. The van der Waals surface area contributed by atoms with Crippen LogP contribution in [0.4, 0.5) is 0 Å². The lowest BCUT2D eigenvalue weighted by Gasteiger charge is -2.26. The van der Waals surface area contributed by atoms with E-state index in [9.17, 15) is 0 Å². The molecule has 1 N–H and O–H groups in total.